The molecule has 0 bridgehead atoms. The van der Waals surface area contributed by atoms with Gasteiger partial charge in [-0.3, -0.25) is 4.79 Å². The zero-order valence-corrected chi connectivity index (χ0v) is 14.2. The summed E-state index contributed by atoms with van der Waals surface area (Å²) in [7, 11) is 0. The van der Waals surface area contributed by atoms with E-state index in [2.05, 4.69) is 5.32 Å². The Balaban J connectivity index is 1.66. The van der Waals surface area contributed by atoms with Gasteiger partial charge in [0, 0.05) is 19.1 Å². The first-order valence-electron chi connectivity index (χ1n) is 7.92. The van der Waals surface area contributed by atoms with Gasteiger partial charge in [-0.2, -0.15) is 0 Å². The lowest BCUT2D eigenvalue weighted by molar-refractivity contribution is -0.122. The van der Waals surface area contributed by atoms with Crippen molar-refractivity contribution in [1.82, 2.24) is 5.32 Å². The Hall–Kier alpha value is -0.770. The number of halogens is 2. The third-order valence-corrected chi connectivity index (χ3v) is 5.06. The molecule has 2 rings (SSSR count). The molecule has 2 N–H and O–H groups in total. The molecule has 22 heavy (non-hydrogen) atoms. The van der Waals surface area contributed by atoms with Crippen molar-refractivity contribution < 1.29 is 9.90 Å². The molecule has 0 heterocycles. The molecule has 122 valence electrons. The molecule has 5 heteroatoms. The summed E-state index contributed by atoms with van der Waals surface area (Å²) in [5, 5.41) is 13.3. The first-order valence-corrected chi connectivity index (χ1v) is 8.68. The Labute approximate surface area is 142 Å². The molecule has 0 aromatic heterocycles. The van der Waals surface area contributed by atoms with E-state index in [1.165, 1.54) is 0 Å². The minimum Gasteiger partial charge on any atom is -0.396 e. The summed E-state index contributed by atoms with van der Waals surface area (Å²) in [5.74, 6) is 0.537. The molecule has 0 atom stereocenters. The summed E-state index contributed by atoms with van der Waals surface area (Å²) in [6.07, 6.45) is 6.11. The van der Waals surface area contributed by atoms with Gasteiger partial charge in [0.1, 0.15) is 0 Å². The highest BCUT2D eigenvalue weighted by atomic mass is 35.5. The third kappa shape index (κ3) is 5.45. The minimum atomic E-state index is 0.118. The molecule has 1 fully saturated rings. The monoisotopic (exact) mass is 343 g/mol. The number of benzene rings is 1. The first kappa shape index (κ1) is 17.6. The molecule has 1 aromatic carbocycles. The minimum absolute atomic E-state index is 0.118. The van der Waals surface area contributed by atoms with E-state index >= 15 is 0 Å². The first-order chi connectivity index (χ1) is 10.6. The fraction of sp³-hybridized carbons (Fsp3) is 0.588. The van der Waals surface area contributed by atoms with Crippen molar-refractivity contribution in [2.75, 3.05) is 6.61 Å². The van der Waals surface area contributed by atoms with Crippen LogP contribution in [0.2, 0.25) is 10.0 Å². The van der Waals surface area contributed by atoms with Gasteiger partial charge in [0.15, 0.2) is 0 Å². The molecule has 3 nitrogen and oxygen atoms in total. The molecule has 1 aliphatic rings. The number of aliphatic hydroxyl groups excluding tert-OH is 1. The largest absolute Gasteiger partial charge is 0.396 e. The molecule has 0 aliphatic heterocycles. The Morgan fingerprint density at radius 1 is 1.18 bits per heavy atom. The molecular formula is C17H23Cl2NO2. The summed E-state index contributed by atoms with van der Waals surface area (Å²) in [6.45, 7) is 0.268. The van der Waals surface area contributed by atoms with Gasteiger partial charge in [-0.05, 0) is 62.1 Å². The van der Waals surface area contributed by atoms with E-state index in [9.17, 15) is 4.79 Å². The van der Waals surface area contributed by atoms with E-state index in [1.807, 2.05) is 12.1 Å². The van der Waals surface area contributed by atoms with Crippen molar-refractivity contribution in [3.8, 4) is 0 Å². The quantitative estimate of drug-likeness (QED) is 0.820. The molecule has 1 aliphatic carbocycles. The lowest BCUT2D eigenvalue weighted by atomic mass is 9.86. The highest BCUT2D eigenvalue weighted by Crippen LogP contribution is 2.24. The summed E-state index contributed by atoms with van der Waals surface area (Å²) in [6, 6.07) is 5.87. The zero-order chi connectivity index (χ0) is 15.9. The van der Waals surface area contributed by atoms with Crippen LogP contribution in [0.1, 0.15) is 44.1 Å². The maximum atomic E-state index is 12.0. The van der Waals surface area contributed by atoms with Gasteiger partial charge < -0.3 is 10.4 Å². The zero-order valence-electron chi connectivity index (χ0n) is 12.7. The normalized spacial score (nSPS) is 21.6. The molecular weight excluding hydrogens is 321 g/mol. The highest BCUT2D eigenvalue weighted by Gasteiger charge is 2.21. The van der Waals surface area contributed by atoms with Crippen molar-refractivity contribution >= 4 is 29.1 Å². The van der Waals surface area contributed by atoms with E-state index in [-0.39, 0.29) is 18.6 Å². The van der Waals surface area contributed by atoms with Gasteiger partial charge >= 0.3 is 0 Å². The fourth-order valence-corrected chi connectivity index (χ4v) is 3.26. The number of amides is 1. The third-order valence-electron chi connectivity index (χ3n) is 4.32. The van der Waals surface area contributed by atoms with E-state index in [4.69, 9.17) is 28.3 Å². The van der Waals surface area contributed by atoms with Crippen molar-refractivity contribution in [3.63, 3.8) is 0 Å². The van der Waals surface area contributed by atoms with Crippen LogP contribution in [-0.2, 0) is 11.2 Å². The highest BCUT2D eigenvalue weighted by molar-refractivity contribution is 6.42. The second kappa shape index (κ2) is 8.76. The molecule has 0 saturated heterocycles. The maximum Gasteiger partial charge on any atom is 0.220 e. The van der Waals surface area contributed by atoms with E-state index in [0.717, 1.165) is 44.1 Å². The smallest absolute Gasteiger partial charge is 0.220 e. The molecule has 0 spiro atoms. The van der Waals surface area contributed by atoms with Gasteiger partial charge in [0.2, 0.25) is 5.91 Å². The Kier molecular flexibility index (Phi) is 7.00. The van der Waals surface area contributed by atoms with Crippen LogP contribution < -0.4 is 5.32 Å². The van der Waals surface area contributed by atoms with Crippen LogP contribution in [0, 0.1) is 5.92 Å². The number of carbonyl (C=O) groups is 1. The van der Waals surface area contributed by atoms with Crippen LogP contribution in [-0.4, -0.2) is 23.7 Å². The van der Waals surface area contributed by atoms with Crippen LogP contribution in [0.4, 0.5) is 0 Å². The topological polar surface area (TPSA) is 49.3 Å². The summed E-state index contributed by atoms with van der Waals surface area (Å²) < 4.78 is 0. The number of rotatable bonds is 6. The van der Waals surface area contributed by atoms with Crippen LogP contribution >= 0.6 is 23.2 Å². The molecule has 1 saturated carbocycles. The standard InChI is InChI=1S/C17H23Cl2NO2/c18-15-9-6-12(10-16(15)19)2-1-3-17(22)20-14-7-4-13(11-21)5-8-14/h6,9-10,13-14,21H,1-5,7-8,11H2,(H,20,22). The van der Waals surface area contributed by atoms with Crippen LogP contribution in [0.5, 0.6) is 0 Å². The number of carbonyl (C=O) groups excluding carboxylic acids is 1. The van der Waals surface area contributed by atoms with Crippen molar-refractivity contribution in [2.24, 2.45) is 5.92 Å². The number of hydrogen-bond acceptors (Lipinski definition) is 2. The van der Waals surface area contributed by atoms with E-state index in [1.54, 1.807) is 6.07 Å². The van der Waals surface area contributed by atoms with Crippen molar-refractivity contribution in [1.29, 1.82) is 0 Å². The number of nitrogens with one attached hydrogen (secondary N) is 1. The summed E-state index contributed by atoms with van der Waals surface area (Å²) in [4.78, 5) is 12.0. The second-order valence-corrected chi connectivity index (χ2v) is 6.88. The molecule has 1 aromatic rings. The van der Waals surface area contributed by atoms with E-state index in [0.29, 0.717) is 22.4 Å². The Morgan fingerprint density at radius 3 is 2.55 bits per heavy atom. The molecule has 1 amide bonds. The number of hydrogen-bond donors (Lipinski definition) is 2. The predicted octanol–water partition coefficient (Wildman–Crippen LogP) is 3.98. The Morgan fingerprint density at radius 2 is 1.91 bits per heavy atom. The van der Waals surface area contributed by atoms with Gasteiger partial charge in [0.05, 0.1) is 10.0 Å². The lowest BCUT2D eigenvalue weighted by Gasteiger charge is -2.27. The SMILES string of the molecule is O=C(CCCc1ccc(Cl)c(Cl)c1)NC1CCC(CO)CC1. The lowest BCUT2D eigenvalue weighted by Crippen LogP contribution is -2.38. The van der Waals surface area contributed by atoms with E-state index < -0.39 is 0 Å². The summed E-state index contributed by atoms with van der Waals surface area (Å²) >= 11 is 11.9. The average Bonchev–Trinajstić information content (AvgIpc) is 2.51. The predicted molar refractivity (Wildman–Crippen MR) is 90.4 cm³/mol. The van der Waals surface area contributed by atoms with Gasteiger partial charge in [-0.1, -0.05) is 29.3 Å². The van der Waals surface area contributed by atoms with Crippen molar-refractivity contribution in [3.05, 3.63) is 33.8 Å². The number of aliphatic hydroxyl groups is 1. The van der Waals surface area contributed by atoms with Crippen LogP contribution in [0.25, 0.3) is 0 Å². The number of aryl methyl sites for hydroxylation is 1. The average molecular weight is 344 g/mol. The van der Waals surface area contributed by atoms with Crippen molar-refractivity contribution in [2.45, 2.75) is 51.0 Å². The van der Waals surface area contributed by atoms with Crippen LogP contribution in [0.15, 0.2) is 18.2 Å². The Bertz CT molecular complexity index is 499. The van der Waals surface area contributed by atoms with Gasteiger partial charge in [-0.25, -0.2) is 0 Å². The molecule has 0 radical (unpaired) electrons. The fourth-order valence-electron chi connectivity index (χ4n) is 2.94. The van der Waals surface area contributed by atoms with Gasteiger partial charge in [-0.15, -0.1) is 0 Å². The summed E-state index contributed by atoms with van der Waals surface area (Å²) in [5.41, 5.74) is 1.10. The maximum absolute atomic E-state index is 12.0. The second-order valence-electron chi connectivity index (χ2n) is 6.07. The van der Waals surface area contributed by atoms with Crippen LogP contribution in [0.3, 0.4) is 0 Å². The van der Waals surface area contributed by atoms with Gasteiger partial charge in [0.25, 0.3) is 0 Å². The molecule has 0 unspecified atom stereocenters.